The zero-order valence-corrected chi connectivity index (χ0v) is 12.6. The Balaban J connectivity index is 1.77. The molecule has 0 radical (unpaired) electrons. The summed E-state index contributed by atoms with van der Waals surface area (Å²) in [6.07, 6.45) is 1.16. The number of nitrogens with zero attached hydrogens (tertiary/aromatic N) is 2. The number of hydrazone groups is 1. The van der Waals surface area contributed by atoms with Gasteiger partial charge in [-0.3, -0.25) is 4.79 Å². The Morgan fingerprint density at radius 1 is 1.13 bits per heavy atom. The third kappa shape index (κ3) is 3.35. The lowest BCUT2D eigenvalue weighted by Crippen LogP contribution is -2.19. The summed E-state index contributed by atoms with van der Waals surface area (Å²) in [7, 11) is 0. The van der Waals surface area contributed by atoms with E-state index in [0.29, 0.717) is 5.52 Å². The number of benzene rings is 2. The summed E-state index contributed by atoms with van der Waals surface area (Å²) in [5.41, 5.74) is 3.35. The molecule has 6 heteroatoms. The van der Waals surface area contributed by atoms with Gasteiger partial charge in [0.25, 0.3) is 5.91 Å². The molecular formula is C17H11ClFN3O. The Hall–Kier alpha value is -2.79. The van der Waals surface area contributed by atoms with Crippen molar-refractivity contribution in [2.75, 3.05) is 0 Å². The predicted octanol–water partition coefficient (Wildman–Crippen LogP) is 3.79. The summed E-state index contributed by atoms with van der Waals surface area (Å²) in [5, 5.41) is 4.88. The number of rotatable bonds is 3. The van der Waals surface area contributed by atoms with Crippen molar-refractivity contribution in [3.8, 4) is 0 Å². The van der Waals surface area contributed by atoms with Gasteiger partial charge in [0.2, 0.25) is 0 Å². The Morgan fingerprint density at radius 3 is 2.78 bits per heavy atom. The Morgan fingerprint density at radius 2 is 1.96 bits per heavy atom. The second-order valence-corrected chi connectivity index (χ2v) is 5.13. The molecule has 4 nitrogen and oxygen atoms in total. The van der Waals surface area contributed by atoms with Crippen molar-refractivity contribution in [2.24, 2.45) is 5.10 Å². The molecule has 0 aliphatic carbocycles. The zero-order valence-electron chi connectivity index (χ0n) is 11.8. The monoisotopic (exact) mass is 327 g/mol. The van der Waals surface area contributed by atoms with Gasteiger partial charge in [-0.1, -0.05) is 41.9 Å². The molecule has 0 bridgehead atoms. The maximum Gasteiger partial charge on any atom is 0.289 e. The first kappa shape index (κ1) is 15.1. The van der Waals surface area contributed by atoms with E-state index in [-0.39, 0.29) is 16.3 Å². The summed E-state index contributed by atoms with van der Waals surface area (Å²) in [6, 6.07) is 15.2. The second-order valence-electron chi connectivity index (χ2n) is 4.72. The Labute approximate surface area is 136 Å². The fourth-order valence-corrected chi connectivity index (χ4v) is 2.25. The van der Waals surface area contributed by atoms with Crippen molar-refractivity contribution >= 4 is 34.6 Å². The van der Waals surface area contributed by atoms with Gasteiger partial charge in [0.15, 0.2) is 0 Å². The van der Waals surface area contributed by atoms with Crippen LogP contribution in [0.4, 0.5) is 4.39 Å². The number of amides is 1. The van der Waals surface area contributed by atoms with Gasteiger partial charge >= 0.3 is 0 Å². The van der Waals surface area contributed by atoms with Gasteiger partial charge in [0, 0.05) is 10.9 Å². The van der Waals surface area contributed by atoms with E-state index < -0.39 is 11.7 Å². The van der Waals surface area contributed by atoms with Crippen molar-refractivity contribution in [3.05, 3.63) is 76.7 Å². The molecule has 3 aromatic rings. The van der Waals surface area contributed by atoms with E-state index in [1.165, 1.54) is 12.1 Å². The highest BCUT2D eigenvalue weighted by molar-refractivity contribution is 6.33. The van der Waals surface area contributed by atoms with Crippen molar-refractivity contribution in [1.29, 1.82) is 0 Å². The summed E-state index contributed by atoms with van der Waals surface area (Å²) in [5.74, 6) is -1.00. The first-order valence-corrected chi connectivity index (χ1v) is 7.16. The lowest BCUT2D eigenvalue weighted by molar-refractivity contribution is 0.0950. The minimum atomic E-state index is -0.515. The number of pyridine rings is 1. The maximum absolute atomic E-state index is 13.6. The molecule has 2 aromatic carbocycles. The smallest absolute Gasteiger partial charge is 0.266 e. The van der Waals surface area contributed by atoms with E-state index in [1.54, 1.807) is 18.2 Å². The van der Waals surface area contributed by atoms with Crippen LogP contribution in [0.2, 0.25) is 5.02 Å². The van der Waals surface area contributed by atoms with Gasteiger partial charge in [-0.15, -0.1) is 0 Å². The van der Waals surface area contributed by atoms with Crippen LogP contribution in [0.5, 0.6) is 0 Å². The fourth-order valence-electron chi connectivity index (χ4n) is 2.04. The van der Waals surface area contributed by atoms with E-state index >= 15 is 0 Å². The first-order valence-electron chi connectivity index (χ1n) is 6.78. The topological polar surface area (TPSA) is 54.4 Å². The van der Waals surface area contributed by atoms with Gasteiger partial charge < -0.3 is 0 Å². The van der Waals surface area contributed by atoms with Crippen LogP contribution < -0.4 is 5.43 Å². The third-order valence-electron chi connectivity index (χ3n) is 3.19. The Kier molecular flexibility index (Phi) is 4.30. The molecule has 0 saturated carbocycles. The van der Waals surface area contributed by atoms with Gasteiger partial charge in [-0.25, -0.2) is 14.8 Å². The highest BCUT2D eigenvalue weighted by Crippen LogP contribution is 2.16. The average molecular weight is 328 g/mol. The third-order valence-corrected chi connectivity index (χ3v) is 3.52. The van der Waals surface area contributed by atoms with Gasteiger partial charge in [-0.05, 0) is 24.3 Å². The molecule has 1 aromatic heterocycles. The lowest BCUT2D eigenvalue weighted by atomic mass is 10.2. The maximum atomic E-state index is 13.6. The van der Waals surface area contributed by atoms with Crippen LogP contribution >= 0.6 is 11.6 Å². The molecule has 0 unspecified atom stereocenters. The molecule has 1 N–H and O–H groups in total. The molecule has 0 saturated heterocycles. The van der Waals surface area contributed by atoms with Crippen molar-refractivity contribution < 1.29 is 9.18 Å². The number of carbonyl (C=O) groups excluding carboxylic acids is 1. The van der Waals surface area contributed by atoms with Crippen LogP contribution in [-0.4, -0.2) is 17.1 Å². The first-order chi connectivity index (χ1) is 11.1. The number of nitrogens with one attached hydrogen (secondary N) is 1. The molecule has 0 spiro atoms. The largest absolute Gasteiger partial charge is 0.289 e. The fraction of sp³-hybridized carbons (Fsp3) is 0. The zero-order chi connectivity index (χ0) is 16.2. The van der Waals surface area contributed by atoms with Crippen LogP contribution in [0.3, 0.4) is 0 Å². The van der Waals surface area contributed by atoms with Crippen LogP contribution in [0.1, 0.15) is 16.1 Å². The number of aromatic nitrogens is 1. The van der Waals surface area contributed by atoms with E-state index in [2.05, 4.69) is 15.5 Å². The number of hydrogen-bond donors (Lipinski definition) is 1. The van der Waals surface area contributed by atoms with E-state index in [4.69, 9.17) is 11.6 Å². The SMILES string of the molecule is O=C(NN=Cc1c(F)cccc1Cl)c1ccc2ccccc2n1. The standard InChI is InChI=1S/C17H11ClFN3O/c18-13-5-3-6-14(19)12(13)10-20-22-17(23)16-9-8-11-4-1-2-7-15(11)21-16/h1-10H,(H,22,23). The minimum absolute atomic E-state index is 0.112. The number of hydrogen-bond acceptors (Lipinski definition) is 3. The molecule has 1 heterocycles. The van der Waals surface area contributed by atoms with E-state index in [0.717, 1.165) is 11.6 Å². The molecule has 0 aliphatic rings. The van der Waals surface area contributed by atoms with Gasteiger partial charge in [-0.2, -0.15) is 5.10 Å². The molecule has 0 aliphatic heterocycles. The van der Waals surface area contributed by atoms with Crippen LogP contribution in [0, 0.1) is 5.82 Å². The van der Waals surface area contributed by atoms with Crippen molar-refractivity contribution in [3.63, 3.8) is 0 Å². The molecule has 23 heavy (non-hydrogen) atoms. The second kappa shape index (κ2) is 6.54. The van der Waals surface area contributed by atoms with E-state index in [9.17, 15) is 9.18 Å². The number of carbonyl (C=O) groups is 1. The van der Waals surface area contributed by atoms with Crippen molar-refractivity contribution in [2.45, 2.75) is 0 Å². The summed E-state index contributed by atoms with van der Waals surface area (Å²) >= 11 is 5.87. The van der Waals surface area contributed by atoms with Crippen LogP contribution in [-0.2, 0) is 0 Å². The van der Waals surface area contributed by atoms with E-state index in [1.807, 2.05) is 24.3 Å². The number of para-hydroxylation sites is 1. The average Bonchev–Trinajstić information content (AvgIpc) is 2.57. The lowest BCUT2D eigenvalue weighted by Gasteiger charge is -2.02. The normalized spacial score (nSPS) is 11.0. The highest BCUT2D eigenvalue weighted by Gasteiger charge is 2.08. The molecule has 0 fully saturated rings. The molecule has 0 atom stereocenters. The van der Waals surface area contributed by atoms with Crippen molar-refractivity contribution in [1.82, 2.24) is 10.4 Å². The van der Waals surface area contributed by atoms with Gasteiger partial charge in [0.1, 0.15) is 11.5 Å². The summed E-state index contributed by atoms with van der Waals surface area (Å²) in [6.45, 7) is 0. The highest BCUT2D eigenvalue weighted by atomic mass is 35.5. The number of halogens is 2. The molecule has 114 valence electrons. The molecule has 1 amide bonds. The summed E-state index contributed by atoms with van der Waals surface area (Å²) < 4.78 is 13.6. The Bertz CT molecular complexity index is 891. The minimum Gasteiger partial charge on any atom is -0.266 e. The quantitative estimate of drug-likeness (QED) is 0.588. The summed E-state index contributed by atoms with van der Waals surface area (Å²) in [4.78, 5) is 16.3. The number of fused-ring (bicyclic) bond motifs is 1. The van der Waals surface area contributed by atoms with Crippen LogP contribution in [0.15, 0.2) is 59.7 Å². The van der Waals surface area contributed by atoms with Gasteiger partial charge in [0.05, 0.1) is 16.8 Å². The predicted molar refractivity (Wildman–Crippen MR) is 88.2 cm³/mol. The van der Waals surface area contributed by atoms with Crippen LogP contribution in [0.25, 0.3) is 10.9 Å². The molecular weight excluding hydrogens is 317 g/mol. The molecule has 3 rings (SSSR count).